The summed E-state index contributed by atoms with van der Waals surface area (Å²) in [5.74, 6) is 0.777. The monoisotopic (exact) mass is 228 g/mol. The van der Waals surface area contributed by atoms with E-state index in [2.05, 4.69) is 13.2 Å². The minimum absolute atomic E-state index is 0.253. The molecule has 0 unspecified atom stereocenters. The molecule has 0 aliphatic carbocycles. The van der Waals surface area contributed by atoms with Crippen LogP contribution in [0.5, 0.6) is 0 Å². The average Bonchev–Trinajstić information content (AvgIpc) is 2.27. The fraction of sp³-hybridized carbons (Fsp3) is 0.692. The van der Waals surface area contributed by atoms with Crippen LogP contribution in [0.4, 0.5) is 0 Å². The molecule has 0 saturated carbocycles. The van der Waals surface area contributed by atoms with E-state index in [0.717, 1.165) is 51.1 Å². The fourth-order valence-corrected chi connectivity index (χ4v) is 1.16. The van der Waals surface area contributed by atoms with Crippen LogP contribution in [0.15, 0.2) is 25.0 Å². The van der Waals surface area contributed by atoms with Crippen molar-refractivity contribution < 1.29 is 14.6 Å². The number of rotatable bonds is 12. The number of aliphatic hydroxyl groups is 1. The van der Waals surface area contributed by atoms with Gasteiger partial charge in [-0.1, -0.05) is 12.7 Å². The van der Waals surface area contributed by atoms with Crippen LogP contribution in [0.3, 0.4) is 0 Å². The summed E-state index contributed by atoms with van der Waals surface area (Å²) in [6, 6.07) is 0. The normalized spacial score (nSPS) is 10.1. The Kier molecular flexibility index (Phi) is 11.7. The molecule has 0 fully saturated rings. The van der Waals surface area contributed by atoms with Crippen molar-refractivity contribution in [1.82, 2.24) is 0 Å². The van der Waals surface area contributed by atoms with E-state index >= 15 is 0 Å². The molecular formula is C13H24O3. The Hall–Kier alpha value is -0.800. The van der Waals surface area contributed by atoms with Crippen molar-refractivity contribution in [3.63, 3.8) is 0 Å². The second-order valence-corrected chi connectivity index (χ2v) is 3.63. The van der Waals surface area contributed by atoms with Gasteiger partial charge in [-0.15, -0.1) is 6.58 Å². The summed E-state index contributed by atoms with van der Waals surface area (Å²) in [5, 5.41) is 8.55. The summed E-state index contributed by atoms with van der Waals surface area (Å²) in [5.41, 5.74) is 0. The van der Waals surface area contributed by atoms with Crippen molar-refractivity contribution >= 4 is 0 Å². The van der Waals surface area contributed by atoms with Gasteiger partial charge < -0.3 is 14.6 Å². The molecule has 0 saturated heterocycles. The molecule has 0 aliphatic rings. The topological polar surface area (TPSA) is 38.7 Å². The Morgan fingerprint density at radius 1 is 1.06 bits per heavy atom. The maximum Gasteiger partial charge on any atom is 0.0925 e. The summed E-state index contributed by atoms with van der Waals surface area (Å²) < 4.78 is 10.8. The van der Waals surface area contributed by atoms with Crippen LogP contribution in [0, 0.1) is 0 Å². The van der Waals surface area contributed by atoms with Gasteiger partial charge in [-0.2, -0.15) is 0 Å². The first-order valence-electron chi connectivity index (χ1n) is 5.91. The summed E-state index contributed by atoms with van der Waals surface area (Å²) in [6.07, 6.45) is 6.24. The molecule has 0 aromatic heterocycles. The summed E-state index contributed by atoms with van der Waals surface area (Å²) in [7, 11) is 0. The van der Waals surface area contributed by atoms with Crippen molar-refractivity contribution in [2.24, 2.45) is 0 Å². The third-order valence-corrected chi connectivity index (χ3v) is 2.06. The lowest BCUT2D eigenvalue weighted by Crippen LogP contribution is -2.00. The van der Waals surface area contributed by atoms with Gasteiger partial charge >= 0.3 is 0 Å². The van der Waals surface area contributed by atoms with Gasteiger partial charge in [-0.3, -0.25) is 0 Å². The van der Waals surface area contributed by atoms with Gasteiger partial charge in [-0.05, 0) is 25.7 Å². The first kappa shape index (κ1) is 15.2. The highest BCUT2D eigenvalue weighted by Gasteiger charge is 1.93. The number of hydrogen-bond donors (Lipinski definition) is 1. The van der Waals surface area contributed by atoms with E-state index in [-0.39, 0.29) is 6.61 Å². The van der Waals surface area contributed by atoms with Gasteiger partial charge in [0.1, 0.15) is 0 Å². The minimum atomic E-state index is 0.253. The molecule has 0 atom stereocenters. The third kappa shape index (κ3) is 11.3. The predicted octanol–water partition coefficient (Wildman–Crippen LogP) is 2.66. The van der Waals surface area contributed by atoms with Crippen molar-refractivity contribution in [2.45, 2.75) is 32.1 Å². The minimum Gasteiger partial charge on any atom is -0.498 e. The summed E-state index contributed by atoms with van der Waals surface area (Å²) in [6.45, 7) is 9.84. The van der Waals surface area contributed by atoms with Crippen LogP contribution in [0.1, 0.15) is 32.1 Å². The van der Waals surface area contributed by atoms with Gasteiger partial charge in [0.25, 0.3) is 0 Å². The van der Waals surface area contributed by atoms with Gasteiger partial charge in [0.05, 0.1) is 12.4 Å². The molecule has 1 N–H and O–H groups in total. The van der Waals surface area contributed by atoms with Gasteiger partial charge in [0, 0.05) is 26.2 Å². The largest absolute Gasteiger partial charge is 0.498 e. The number of unbranched alkanes of at least 4 members (excludes halogenated alkanes) is 2. The van der Waals surface area contributed by atoms with Crippen molar-refractivity contribution in [1.29, 1.82) is 0 Å². The zero-order valence-electron chi connectivity index (χ0n) is 10.1. The molecule has 0 rings (SSSR count). The maximum atomic E-state index is 8.55. The molecule has 0 radical (unpaired) electrons. The molecule has 0 amide bonds. The Labute approximate surface area is 98.8 Å². The quantitative estimate of drug-likeness (QED) is 0.317. The molecule has 0 aromatic rings. The average molecular weight is 228 g/mol. The Morgan fingerprint density at radius 2 is 1.69 bits per heavy atom. The molecule has 94 valence electrons. The standard InChI is InChI=1S/C13H24O3/c1-3-8-13(2)16-12-7-6-11-15-10-5-4-9-14/h3,14H,1-2,4-12H2. The highest BCUT2D eigenvalue weighted by atomic mass is 16.5. The van der Waals surface area contributed by atoms with Gasteiger partial charge in [0.15, 0.2) is 0 Å². The summed E-state index contributed by atoms with van der Waals surface area (Å²) >= 11 is 0. The van der Waals surface area contributed by atoms with E-state index in [1.54, 1.807) is 6.08 Å². The molecule has 0 heterocycles. The van der Waals surface area contributed by atoms with Crippen molar-refractivity contribution in [3.8, 4) is 0 Å². The van der Waals surface area contributed by atoms with Crippen LogP contribution in [0.25, 0.3) is 0 Å². The molecule has 3 nitrogen and oxygen atoms in total. The zero-order chi connectivity index (χ0) is 12.1. The molecule has 16 heavy (non-hydrogen) atoms. The van der Waals surface area contributed by atoms with E-state index in [1.807, 2.05) is 0 Å². The number of aliphatic hydroxyl groups excluding tert-OH is 1. The van der Waals surface area contributed by atoms with E-state index < -0.39 is 0 Å². The van der Waals surface area contributed by atoms with Crippen molar-refractivity contribution in [3.05, 3.63) is 25.0 Å². The first-order chi connectivity index (χ1) is 7.81. The second-order valence-electron chi connectivity index (χ2n) is 3.63. The maximum absolute atomic E-state index is 8.55. The lowest BCUT2D eigenvalue weighted by molar-refractivity contribution is 0.113. The van der Waals surface area contributed by atoms with Crippen molar-refractivity contribution in [2.75, 3.05) is 26.4 Å². The lowest BCUT2D eigenvalue weighted by Gasteiger charge is -2.07. The molecule has 0 bridgehead atoms. The number of ether oxygens (including phenoxy) is 2. The molecule has 0 aromatic carbocycles. The van der Waals surface area contributed by atoms with Crippen LogP contribution in [-0.2, 0) is 9.47 Å². The van der Waals surface area contributed by atoms with E-state index in [1.165, 1.54) is 0 Å². The molecule has 0 aliphatic heterocycles. The van der Waals surface area contributed by atoms with Crippen LogP contribution < -0.4 is 0 Å². The summed E-state index contributed by atoms with van der Waals surface area (Å²) in [4.78, 5) is 0. The van der Waals surface area contributed by atoms with E-state index in [9.17, 15) is 0 Å². The van der Waals surface area contributed by atoms with Gasteiger partial charge in [-0.25, -0.2) is 0 Å². The highest BCUT2D eigenvalue weighted by Crippen LogP contribution is 2.02. The predicted molar refractivity (Wildman–Crippen MR) is 66.3 cm³/mol. The van der Waals surface area contributed by atoms with Crippen LogP contribution in [-0.4, -0.2) is 31.5 Å². The molecule has 0 spiro atoms. The smallest absolute Gasteiger partial charge is 0.0925 e. The Bertz CT molecular complexity index is 178. The fourth-order valence-electron chi connectivity index (χ4n) is 1.16. The SMILES string of the molecule is C=CCC(=C)OCCCCOCCCCO. The lowest BCUT2D eigenvalue weighted by atomic mass is 10.3. The number of allylic oxidation sites excluding steroid dienone is 1. The van der Waals surface area contributed by atoms with Gasteiger partial charge in [0.2, 0.25) is 0 Å². The van der Waals surface area contributed by atoms with E-state index in [4.69, 9.17) is 14.6 Å². The van der Waals surface area contributed by atoms with Crippen LogP contribution in [0.2, 0.25) is 0 Å². The molecular weight excluding hydrogens is 204 g/mol. The Morgan fingerprint density at radius 3 is 2.31 bits per heavy atom. The second kappa shape index (κ2) is 12.3. The third-order valence-electron chi connectivity index (χ3n) is 2.06. The zero-order valence-corrected chi connectivity index (χ0v) is 10.1. The van der Waals surface area contributed by atoms with E-state index in [0.29, 0.717) is 6.61 Å². The number of hydrogen-bond acceptors (Lipinski definition) is 3. The molecule has 3 heteroatoms. The highest BCUT2D eigenvalue weighted by molar-refractivity contribution is 4.90. The first-order valence-corrected chi connectivity index (χ1v) is 5.91. The van der Waals surface area contributed by atoms with Crippen LogP contribution >= 0.6 is 0 Å². The Balaban J connectivity index is 3.03.